The fraction of sp³-hybridized carbons (Fsp3) is 0.286. The van der Waals surface area contributed by atoms with Crippen molar-refractivity contribution in [2.75, 3.05) is 13.1 Å². The molecule has 204 valence electrons. The molecule has 5 N–H and O–H groups in total. The lowest BCUT2D eigenvalue weighted by molar-refractivity contribution is -0.137. The number of likely N-dealkylation sites (tertiary alicyclic amines) is 1. The van der Waals surface area contributed by atoms with Crippen molar-refractivity contribution >= 4 is 34.9 Å². The Labute approximate surface area is 228 Å². The Bertz CT molecular complexity index is 1360. The van der Waals surface area contributed by atoms with E-state index < -0.39 is 23.8 Å². The molecule has 2 heterocycles. The molecule has 0 unspecified atom stereocenters. The van der Waals surface area contributed by atoms with Gasteiger partial charge in [0.05, 0.1) is 12.6 Å². The van der Waals surface area contributed by atoms with Crippen LogP contribution in [0.1, 0.15) is 57.7 Å². The molecule has 2 aromatic carbocycles. The molecule has 1 saturated heterocycles. The summed E-state index contributed by atoms with van der Waals surface area (Å²) >= 11 is 1.38. The van der Waals surface area contributed by atoms with Gasteiger partial charge in [0.15, 0.2) is 0 Å². The van der Waals surface area contributed by atoms with Gasteiger partial charge in [0.2, 0.25) is 11.8 Å². The maximum Gasteiger partial charge on any atom is 0.298 e. The number of nitrogens with zero attached hydrogens (tertiary/aromatic N) is 1. The molecular formula is C28H29F2N5O3S. The van der Waals surface area contributed by atoms with Crippen LogP contribution in [-0.4, -0.2) is 47.6 Å². The van der Waals surface area contributed by atoms with Crippen LogP contribution in [0.4, 0.5) is 8.78 Å². The van der Waals surface area contributed by atoms with Crippen molar-refractivity contribution in [3.05, 3.63) is 93.2 Å². The van der Waals surface area contributed by atoms with E-state index in [2.05, 4.69) is 10.6 Å². The summed E-state index contributed by atoms with van der Waals surface area (Å²) in [6.45, 7) is 1.88. The molecule has 0 radical (unpaired) electrons. The van der Waals surface area contributed by atoms with E-state index in [0.29, 0.717) is 24.9 Å². The fourth-order valence-corrected chi connectivity index (χ4v) is 5.36. The van der Waals surface area contributed by atoms with Gasteiger partial charge in [0.1, 0.15) is 11.9 Å². The summed E-state index contributed by atoms with van der Waals surface area (Å²) in [5.74, 6) is -4.55. The molecule has 1 fully saturated rings. The lowest BCUT2D eigenvalue weighted by atomic mass is 9.99. The molecule has 3 aromatic rings. The molecule has 0 bridgehead atoms. The highest BCUT2D eigenvalue weighted by Gasteiger charge is 2.35. The zero-order chi connectivity index (χ0) is 28.2. The molecular weight excluding hydrogens is 524 g/mol. The molecule has 39 heavy (non-hydrogen) atoms. The third-order valence-corrected chi connectivity index (χ3v) is 7.75. The lowest BCUT2D eigenvalue weighted by Crippen LogP contribution is -2.49. The quantitative estimate of drug-likeness (QED) is 0.238. The van der Waals surface area contributed by atoms with Crippen LogP contribution in [0.2, 0.25) is 0 Å². The first-order chi connectivity index (χ1) is 18.6. The second-order valence-corrected chi connectivity index (χ2v) is 10.3. The molecule has 1 aliphatic rings. The van der Waals surface area contributed by atoms with Gasteiger partial charge in [-0.1, -0.05) is 42.5 Å². The van der Waals surface area contributed by atoms with Gasteiger partial charge in [0, 0.05) is 39.1 Å². The van der Waals surface area contributed by atoms with E-state index in [1.165, 1.54) is 64.8 Å². The number of nitrogens with two attached hydrogens (primary N) is 1. The number of hydrogen-bond acceptors (Lipinski definition) is 5. The third-order valence-electron chi connectivity index (χ3n) is 6.64. The minimum Gasteiger partial charge on any atom is -0.384 e. The van der Waals surface area contributed by atoms with Crippen molar-refractivity contribution in [1.82, 2.24) is 15.5 Å². The van der Waals surface area contributed by atoms with Gasteiger partial charge in [-0.05, 0) is 38.0 Å². The number of alkyl halides is 2. The first kappa shape index (κ1) is 27.9. The number of carbonyl (C=O) groups is 3. The molecule has 11 heteroatoms. The number of amidine groups is 1. The van der Waals surface area contributed by atoms with Gasteiger partial charge in [-0.2, -0.15) is 8.78 Å². The average molecular weight is 554 g/mol. The van der Waals surface area contributed by atoms with Crippen LogP contribution in [0.25, 0.3) is 0 Å². The topological polar surface area (TPSA) is 128 Å². The zero-order valence-electron chi connectivity index (χ0n) is 21.2. The Balaban J connectivity index is 1.32. The molecule has 8 nitrogen and oxygen atoms in total. The molecule has 0 saturated carbocycles. The Hall–Kier alpha value is -4.12. The van der Waals surface area contributed by atoms with Crippen LogP contribution in [0.5, 0.6) is 0 Å². The lowest BCUT2D eigenvalue weighted by Gasteiger charge is -2.25. The number of rotatable bonds is 9. The summed E-state index contributed by atoms with van der Waals surface area (Å²) < 4.78 is 29.5. The molecule has 4 rings (SSSR count). The summed E-state index contributed by atoms with van der Waals surface area (Å²) in [7, 11) is 0. The summed E-state index contributed by atoms with van der Waals surface area (Å²) in [5, 5.41) is 14.7. The van der Waals surface area contributed by atoms with Gasteiger partial charge < -0.3 is 21.3 Å². The van der Waals surface area contributed by atoms with Crippen molar-refractivity contribution in [2.45, 2.75) is 37.8 Å². The highest BCUT2D eigenvalue weighted by Crippen LogP contribution is 2.35. The standard InChI is InChI=1S/C28H29F2N5O3S/c1-17(23-14-19(16-39-23)25(31)32)34-27(38)22-8-5-13-35(22)24(36)15-33-26(37)18-9-11-21(12-10-18)28(29,30)20-6-3-2-4-7-20/h2-4,6-7,9-12,14,16-17,22H,5,8,13,15H2,1H3,(H3,31,32)(H,33,37)(H,34,38)/t17-,22+/m1/s1. The number of nitrogen functional groups attached to an aromatic ring is 1. The minimum atomic E-state index is -3.21. The van der Waals surface area contributed by atoms with E-state index >= 15 is 0 Å². The normalized spacial score (nSPS) is 16.0. The van der Waals surface area contributed by atoms with Gasteiger partial charge in [-0.3, -0.25) is 19.8 Å². The number of carbonyl (C=O) groups excluding carboxylic acids is 3. The average Bonchev–Trinajstić information content (AvgIpc) is 3.63. The minimum absolute atomic E-state index is 0.0493. The second-order valence-electron chi connectivity index (χ2n) is 9.33. The van der Waals surface area contributed by atoms with Gasteiger partial charge in [-0.15, -0.1) is 11.3 Å². The van der Waals surface area contributed by atoms with Gasteiger partial charge >= 0.3 is 0 Å². The maximum atomic E-state index is 14.8. The molecule has 1 aromatic heterocycles. The van der Waals surface area contributed by atoms with Crippen LogP contribution in [0, 0.1) is 5.41 Å². The summed E-state index contributed by atoms with van der Waals surface area (Å²) in [5.41, 5.74) is 5.84. The first-order valence-electron chi connectivity index (χ1n) is 12.4. The predicted octanol–water partition coefficient (Wildman–Crippen LogP) is 3.77. The second kappa shape index (κ2) is 11.7. The number of nitrogens with one attached hydrogen (secondary N) is 3. The summed E-state index contributed by atoms with van der Waals surface area (Å²) in [4.78, 5) is 40.7. The molecule has 2 atom stereocenters. The van der Waals surface area contributed by atoms with Crippen molar-refractivity contribution in [1.29, 1.82) is 5.41 Å². The van der Waals surface area contributed by atoms with E-state index in [-0.39, 0.29) is 41.0 Å². The van der Waals surface area contributed by atoms with Gasteiger partial charge in [0.25, 0.3) is 11.8 Å². The van der Waals surface area contributed by atoms with E-state index in [9.17, 15) is 23.2 Å². The van der Waals surface area contributed by atoms with Crippen molar-refractivity contribution < 1.29 is 23.2 Å². The van der Waals surface area contributed by atoms with Crippen LogP contribution in [-0.2, 0) is 15.5 Å². The number of halogens is 2. The van der Waals surface area contributed by atoms with Gasteiger partial charge in [-0.25, -0.2) is 0 Å². The number of amides is 3. The smallest absolute Gasteiger partial charge is 0.298 e. The highest BCUT2D eigenvalue weighted by molar-refractivity contribution is 7.10. The largest absolute Gasteiger partial charge is 0.384 e. The Morgan fingerprint density at radius 3 is 2.41 bits per heavy atom. The monoisotopic (exact) mass is 553 g/mol. The first-order valence-corrected chi connectivity index (χ1v) is 13.3. The van der Waals surface area contributed by atoms with Crippen LogP contribution < -0.4 is 16.4 Å². The van der Waals surface area contributed by atoms with E-state index in [1.807, 2.05) is 6.92 Å². The Morgan fingerprint density at radius 2 is 1.77 bits per heavy atom. The molecule has 1 aliphatic heterocycles. The predicted molar refractivity (Wildman–Crippen MR) is 145 cm³/mol. The molecule has 3 amide bonds. The highest BCUT2D eigenvalue weighted by atomic mass is 32.1. The zero-order valence-corrected chi connectivity index (χ0v) is 22.1. The van der Waals surface area contributed by atoms with E-state index in [1.54, 1.807) is 17.5 Å². The van der Waals surface area contributed by atoms with Crippen LogP contribution in [0.3, 0.4) is 0 Å². The SMILES string of the molecule is C[C@@H](NC(=O)[C@@H]1CCCN1C(=O)CNC(=O)c1ccc(C(F)(F)c2ccccc2)cc1)c1cc(C(=N)N)cs1. The number of thiophene rings is 1. The fourth-order valence-electron chi connectivity index (χ4n) is 4.44. The van der Waals surface area contributed by atoms with Crippen molar-refractivity contribution in [2.24, 2.45) is 5.73 Å². The third kappa shape index (κ3) is 6.31. The summed E-state index contributed by atoms with van der Waals surface area (Å²) in [6, 6.07) is 13.1. The maximum absolute atomic E-state index is 14.8. The number of benzene rings is 2. The Morgan fingerprint density at radius 1 is 1.10 bits per heavy atom. The van der Waals surface area contributed by atoms with Crippen LogP contribution in [0.15, 0.2) is 66.0 Å². The molecule has 0 aliphatic carbocycles. The number of hydrogen-bond donors (Lipinski definition) is 4. The molecule has 0 spiro atoms. The van der Waals surface area contributed by atoms with E-state index in [4.69, 9.17) is 11.1 Å². The van der Waals surface area contributed by atoms with Crippen LogP contribution >= 0.6 is 11.3 Å². The van der Waals surface area contributed by atoms with Crippen molar-refractivity contribution in [3.63, 3.8) is 0 Å². The van der Waals surface area contributed by atoms with E-state index in [0.717, 1.165) is 4.88 Å². The summed E-state index contributed by atoms with van der Waals surface area (Å²) in [6.07, 6.45) is 1.15. The van der Waals surface area contributed by atoms with Crippen molar-refractivity contribution in [3.8, 4) is 0 Å². The Kier molecular flexibility index (Phi) is 8.39.